The third kappa shape index (κ3) is 4.47. The first-order valence-electron chi connectivity index (χ1n) is 10.1. The molecule has 3 heterocycles. The van der Waals surface area contributed by atoms with Gasteiger partial charge in [-0.1, -0.05) is 13.8 Å². The van der Waals surface area contributed by atoms with Crippen molar-refractivity contribution >= 4 is 18.0 Å². The number of hydrogen-bond acceptors (Lipinski definition) is 4. The fraction of sp³-hybridized carbons (Fsp3) is 0.842. The lowest BCUT2D eigenvalue weighted by Crippen LogP contribution is -2.53. The van der Waals surface area contributed by atoms with Gasteiger partial charge in [0.1, 0.15) is 5.60 Å². The van der Waals surface area contributed by atoms with E-state index in [0.29, 0.717) is 51.5 Å². The number of primary amides is 1. The van der Waals surface area contributed by atoms with E-state index in [1.807, 2.05) is 9.80 Å². The quantitative estimate of drug-likeness (QED) is 0.802. The molecule has 3 rings (SSSR count). The molecule has 3 aliphatic rings. The van der Waals surface area contributed by atoms with Crippen LogP contribution >= 0.6 is 0 Å². The molecule has 0 radical (unpaired) electrons. The van der Waals surface area contributed by atoms with E-state index in [0.717, 1.165) is 25.8 Å². The number of ether oxygens (including phenoxy) is 1. The standard InChI is InChI=1S/C19H32N4O4/c1-14(2)5-9-23-13-19(27-18(23)26)6-10-21(11-7-19)16(24)15-4-3-8-22(12-15)17(20)25/h14-15H,3-13H2,1-2H3,(H2,20,25)/t15-/m1/s1. The van der Waals surface area contributed by atoms with Crippen LogP contribution in [0, 0.1) is 11.8 Å². The number of hydrogen-bond donors (Lipinski definition) is 1. The minimum Gasteiger partial charge on any atom is -0.441 e. The van der Waals surface area contributed by atoms with Gasteiger partial charge in [0.25, 0.3) is 0 Å². The first kappa shape index (κ1) is 19.8. The smallest absolute Gasteiger partial charge is 0.410 e. The highest BCUT2D eigenvalue weighted by atomic mass is 16.6. The van der Waals surface area contributed by atoms with Crippen molar-refractivity contribution < 1.29 is 19.1 Å². The molecule has 2 N–H and O–H groups in total. The Labute approximate surface area is 161 Å². The van der Waals surface area contributed by atoms with E-state index in [-0.39, 0.29) is 17.9 Å². The van der Waals surface area contributed by atoms with Crippen LogP contribution in [0.2, 0.25) is 0 Å². The maximum absolute atomic E-state index is 12.9. The van der Waals surface area contributed by atoms with Gasteiger partial charge in [-0.2, -0.15) is 0 Å². The number of nitrogens with zero attached hydrogens (tertiary/aromatic N) is 3. The highest BCUT2D eigenvalue weighted by Gasteiger charge is 2.47. The molecular weight excluding hydrogens is 348 g/mol. The largest absolute Gasteiger partial charge is 0.441 e. The van der Waals surface area contributed by atoms with Crippen molar-refractivity contribution in [3.63, 3.8) is 0 Å². The second-order valence-corrected chi connectivity index (χ2v) is 8.60. The maximum atomic E-state index is 12.9. The molecule has 152 valence electrons. The third-order valence-corrected chi connectivity index (χ3v) is 6.09. The van der Waals surface area contributed by atoms with Crippen molar-refractivity contribution in [3.05, 3.63) is 0 Å². The number of piperidine rings is 2. The van der Waals surface area contributed by atoms with Crippen LogP contribution in [0.5, 0.6) is 0 Å². The number of nitrogens with two attached hydrogens (primary N) is 1. The molecule has 0 aromatic heterocycles. The van der Waals surface area contributed by atoms with Crippen molar-refractivity contribution in [2.24, 2.45) is 17.6 Å². The van der Waals surface area contributed by atoms with E-state index in [2.05, 4.69) is 13.8 Å². The predicted molar refractivity (Wildman–Crippen MR) is 99.9 cm³/mol. The molecule has 0 unspecified atom stereocenters. The zero-order valence-corrected chi connectivity index (χ0v) is 16.5. The predicted octanol–water partition coefficient (Wildman–Crippen LogP) is 1.64. The van der Waals surface area contributed by atoms with Gasteiger partial charge in [-0.15, -0.1) is 0 Å². The normalized spacial score (nSPS) is 25.2. The molecule has 3 saturated heterocycles. The summed E-state index contributed by atoms with van der Waals surface area (Å²) >= 11 is 0. The van der Waals surface area contributed by atoms with E-state index in [1.54, 1.807) is 4.90 Å². The zero-order chi connectivity index (χ0) is 19.6. The van der Waals surface area contributed by atoms with Crippen LogP contribution < -0.4 is 5.73 Å². The molecule has 1 atom stereocenters. The number of urea groups is 1. The van der Waals surface area contributed by atoms with E-state index in [1.165, 1.54) is 0 Å². The Kier molecular flexibility index (Phi) is 5.81. The summed E-state index contributed by atoms with van der Waals surface area (Å²) in [7, 11) is 0. The van der Waals surface area contributed by atoms with Crippen molar-refractivity contribution in [3.8, 4) is 0 Å². The summed E-state index contributed by atoms with van der Waals surface area (Å²) in [5, 5.41) is 0. The lowest BCUT2D eigenvalue weighted by atomic mass is 9.89. The summed E-state index contributed by atoms with van der Waals surface area (Å²) in [6, 6.07) is -0.454. The highest BCUT2D eigenvalue weighted by molar-refractivity contribution is 5.81. The average molecular weight is 380 g/mol. The minimum atomic E-state index is -0.454. The maximum Gasteiger partial charge on any atom is 0.410 e. The monoisotopic (exact) mass is 380 g/mol. The summed E-state index contributed by atoms with van der Waals surface area (Å²) in [5.41, 5.74) is 4.92. The van der Waals surface area contributed by atoms with Crippen LogP contribution in [0.25, 0.3) is 0 Å². The van der Waals surface area contributed by atoms with E-state index >= 15 is 0 Å². The molecule has 0 aromatic carbocycles. The molecule has 0 aliphatic carbocycles. The number of amides is 4. The van der Waals surface area contributed by atoms with Crippen LogP contribution in [-0.4, -0.2) is 77.6 Å². The molecule has 1 spiro atoms. The van der Waals surface area contributed by atoms with Crippen molar-refractivity contribution in [2.75, 3.05) is 39.3 Å². The molecule has 8 nitrogen and oxygen atoms in total. The second kappa shape index (κ2) is 7.94. The van der Waals surface area contributed by atoms with E-state index in [4.69, 9.17) is 10.5 Å². The van der Waals surface area contributed by atoms with Gasteiger partial charge in [-0.05, 0) is 25.2 Å². The van der Waals surface area contributed by atoms with Gasteiger partial charge in [0.2, 0.25) is 5.91 Å². The first-order valence-corrected chi connectivity index (χ1v) is 10.1. The SMILES string of the molecule is CC(C)CCN1CC2(CCN(C(=O)[C@@H]3CCCN(C(N)=O)C3)CC2)OC1=O. The lowest BCUT2D eigenvalue weighted by molar-refractivity contribution is -0.140. The van der Waals surface area contributed by atoms with Gasteiger partial charge in [0.05, 0.1) is 12.5 Å². The Balaban J connectivity index is 1.52. The highest BCUT2D eigenvalue weighted by Crippen LogP contribution is 2.34. The van der Waals surface area contributed by atoms with E-state index in [9.17, 15) is 14.4 Å². The topological polar surface area (TPSA) is 96.2 Å². The molecule has 0 aromatic rings. The van der Waals surface area contributed by atoms with Crippen LogP contribution in [-0.2, 0) is 9.53 Å². The molecule has 3 fully saturated rings. The van der Waals surface area contributed by atoms with Gasteiger partial charge in [0, 0.05) is 45.6 Å². The number of likely N-dealkylation sites (tertiary alicyclic amines) is 2. The fourth-order valence-electron chi connectivity index (χ4n) is 4.31. The first-order chi connectivity index (χ1) is 12.8. The summed E-state index contributed by atoms with van der Waals surface area (Å²) in [6.45, 7) is 7.87. The Morgan fingerprint density at radius 2 is 1.93 bits per heavy atom. The van der Waals surface area contributed by atoms with Crippen LogP contribution in [0.3, 0.4) is 0 Å². The van der Waals surface area contributed by atoms with E-state index < -0.39 is 11.6 Å². The van der Waals surface area contributed by atoms with Crippen molar-refractivity contribution in [2.45, 2.75) is 51.6 Å². The van der Waals surface area contributed by atoms with Gasteiger partial charge < -0.3 is 25.2 Å². The molecule has 8 heteroatoms. The van der Waals surface area contributed by atoms with Crippen molar-refractivity contribution in [1.29, 1.82) is 0 Å². The van der Waals surface area contributed by atoms with Crippen molar-refractivity contribution in [1.82, 2.24) is 14.7 Å². The van der Waals surface area contributed by atoms with Gasteiger partial charge in [0.15, 0.2) is 0 Å². The molecule has 0 saturated carbocycles. The molecule has 27 heavy (non-hydrogen) atoms. The number of carbonyl (C=O) groups excluding carboxylic acids is 3. The van der Waals surface area contributed by atoms with Crippen LogP contribution in [0.1, 0.15) is 46.0 Å². The lowest BCUT2D eigenvalue weighted by Gasteiger charge is -2.40. The second-order valence-electron chi connectivity index (χ2n) is 8.60. The fourth-order valence-corrected chi connectivity index (χ4v) is 4.31. The Bertz CT molecular complexity index is 586. The third-order valence-electron chi connectivity index (χ3n) is 6.09. The van der Waals surface area contributed by atoms with Gasteiger partial charge in [-0.3, -0.25) is 4.79 Å². The average Bonchev–Trinajstić information content (AvgIpc) is 2.95. The molecular formula is C19H32N4O4. The number of carbonyl (C=O) groups is 3. The molecule has 4 amide bonds. The molecule has 0 bridgehead atoms. The van der Waals surface area contributed by atoms with Crippen LogP contribution in [0.15, 0.2) is 0 Å². The Morgan fingerprint density at radius 1 is 1.22 bits per heavy atom. The zero-order valence-electron chi connectivity index (χ0n) is 16.5. The molecule has 3 aliphatic heterocycles. The number of rotatable bonds is 4. The summed E-state index contributed by atoms with van der Waals surface area (Å²) < 4.78 is 5.74. The Morgan fingerprint density at radius 3 is 2.56 bits per heavy atom. The Hall–Kier alpha value is -1.99. The van der Waals surface area contributed by atoms with Gasteiger partial charge in [-0.25, -0.2) is 9.59 Å². The van der Waals surface area contributed by atoms with Crippen LogP contribution in [0.4, 0.5) is 9.59 Å². The summed E-state index contributed by atoms with van der Waals surface area (Å²) in [4.78, 5) is 41.7. The van der Waals surface area contributed by atoms with Gasteiger partial charge >= 0.3 is 12.1 Å². The summed E-state index contributed by atoms with van der Waals surface area (Å²) in [6.07, 6.45) is 3.69. The summed E-state index contributed by atoms with van der Waals surface area (Å²) in [5.74, 6) is 0.468. The minimum absolute atomic E-state index is 0.0942.